The van der Waals surface area contributed by atoms with Crippen LogP contribution in [0.5, 0.6) is 11.5 Å². The van der Waals surface area contributed by atoms with Crippen molar-refractivity contribution in [2.75, 3.05) is 13.2 Å². The van der Waals surface area contributed by atoms with Crippen LogP contribution in [0.3, 0.4) is 0 Å². The van der Waals surface area contributed by atoms with Crippen molar-refractivity contribution in [1.82, 2.24) is 0 Å². The Bertz CT molecular complexity index is 974. The van der Waals surface area contributed by atoms with Crippen molar-refractivity contribution in [3.8, 4) is 11.5 Å². The van der Waals surface area contributed by atoms with Crippen molar-refractivity contribution in [3.05, 3.63) is 65.2 Å². The molecule has 0 radical (unpaired) electrons. The molecule has 0 fully saturated rings. The van der Waals surface area contributed by atoms with Gasteiger partial charge in [-0.05, 0) is 47.5 Å². The number of hydrogen-bond donors (Lipinski definition) is 0. The maximum atomic E-state index is 13.1. The number of benzene rings is 2. The predicted octanol–water partition coefficient (Wildman–Crippen LogP) is 6.22. The Morgan fingerprint density at radius 1 is 0.812 bits per heavy atom. The Labute approximate surface area is 175 Å². The Balaban J connectivity index is 2.59. The van der Waals surface area contributed by atoms with Gasteiger partial charge in [0.15, 0.2) is 13.2 Å². The molecule has 2 aromatic carbocycles. The zero-order valence-electron chi connectivity index (χ0n) is 15.7. The highest BCUT2D eigenvalue weighted by Gasteiger charge is 2.32. The van der Waals surface area contributed by atoms with Crippen LogP contribution in [0.15, 0.2) is 48.5 Å². The lowest BCUT2D eigenvalue weighted by Gasteiger charge is -2.18. The van der Waals surface area contributed by atoms with Gasteiger partial charge in [0.25, 0.3) is 0 Å². The van der Waals surface area contributed by atoms with E-state index < -0.39 is 48.8 Å². The number of carbonyl (C=O) groups excluding carboxylic acids is 1. The van der Waals surface area contributed by atoms with Crippen molar-refractivity contribution in [3.63, 3.8) is 0 Å². The van der Waals surface area contributed by atoms with Crippen LogP contribution in [-0.2, 0) is 11.0 Å². The standard InChI is InChI=1S/C20H13F9O3/c21-18(22,23)10-31-14-4-5-17(32-11-19(24,25)26)16(9-14)15(6-7-30)12-2-1-3-13(8-12)20(27,28)29/h1-9H,10-11H2. The second-order valence-electron chi connectivity index (χ2n) is 6.26. The molecule has 0 aliphatic heterocycles. The summed E-state index contributed by atoms with van der Waals surface area (Å²) in [7, 11) is 0. The topological polar surface area (TPSA) is 35.5 Å². The Kier molecular flexibility index (Phi) is 7.47. The number of carbonyl (C=O) groups is 1. The summed E-state index contributed by atoms with van der Waals surface area (Å²) in [5, 5.41) is 0. The largest absolute Gasteiger partial charge is 0.484 e. The summed E-state index contributed by atoms with van der Waals surface area (Å²) in [4.78, 5) is 11.1. The molecule has 0 N–H and O–H groups in total. The third-order valence-corrected chi connectivity index (χ3v) is 3.77. The molecule has 2 rings (SSSR count). The van der Waals surface area contributed by atoms with E-state index in [-0.39, 0.29) is 23.0 Å². The molecule has 0 amide bonds. The monoisotopic (exact) mass is 472 g/mol. The third-order valence-electron chi connectivity index (χ3n) is 3.77. The molecule has 32 heavy (non-hydrogen) atoms. The lowest BCUT2D eigenvalue weighted by molar-refractivity contribution is -0.154. The fourth-order valence-corrected chi connectivity index (χ4v) is 2.53. The zero-order valence-corrected chi connectivity index (χ0v) is 15.7. The normalized spacial score (nSPS) is 13.1. The lowest BCUT2D eigenvalue weighted by atomic mass is 9.95. The van der Waals surface area contributed by atoms with E-state index in [1.54, 1.807) is 0 Å². The molecule has 0 bridgehead atoms. The van der Waals surface area contributed by atoms with Crippen LogP contribution in [0.1, 0.15) is 16.7 Å². The van der Waals surface area contributed by atoms with Crippen LogP contribution in [0, 0.1) is 0 Å². The van der Waals surface area contributed by atoms with E-state index in [0.717, 1.165) is 42.5 Å². The molecule has 0 saturated heterocycles. The predicted molar refractivity (Wildman–Crippen MR) is 94.1 cm³/mol. The molecule has 0 saturated carbocycles. The van der Waals surface area contributed by atoms with Crippen molar-refractivity contribution in [2.24, 2.45) is 0 Å². The minimum atomic E-state index is -4.78. The third kappa shape index (κ3) is 7.50. The van der Waals surface area contributed by atoms with E-state index >= 15 is 0 Å². The maximum Gasteiger partial charge on any atom is 0.422 e. The molecule has 0 aromatic heterocycles. The highest BCUT2D eigenvalue weighted by molar-refractivity contribution is 5.91. The molecule has 0 heterocycles. The summed E-state index contributed by atoms with van der Waals surface area (Å²) in [5.41, 5.74) is -2.05. The number of aldehydes is 1. The molecule has 0 aliphatic rings. The number of rotatable bonds is 7. The number of halogens is 9. The minimum Gasteiger partial charge on any atom is -0.484 e. The molecule has 0 atom stereocenters. The number of alkyl halides is 9. The van der Waals surface area contributed by atoms with E-state index in [4.69, 9.17) is 0 Å². The van der Waals surface area contributed by atoms with Crippen LogP contribution < -0.4 is 9.47 Å². The van der Waals surface area contributed by atoms with Gasteiger partial charge in [-0.25, -0.2) is 0 Å². The van der Waals surface area contributed by atoms with E-state index in [0.29, 0.717) is 6.07 Å². The lowest BCUT2D eigenvalue weighted by Crippen LogP contribution is -2.20. The number of allylic oxidation sites excluding steroid dienone is 1. The van der Waals surface area contributed by atoms with Crippen LogP contribution in [0.25, 0.3) is 5.57 Å². The summed E-state index contributed by atoms with van der Waals surface area (Å²) in [6.45, 7) is -3.52. The quantitative estimate of drug-likeness (QED) is 0.273. The average Bonchev–Trinajstić information content (AvgIpc) is 2.67. The second-order valence-corrected chi connectivity index (χ2v) is 6.26. The van der Waals surface area contributed by atoms with Gasteiger partial charge < -0.3 is 9.47 Å². The van der Waals surface area contributed by atoms with Gasteiger partial charge in [0.1, 0.15) is 17.8 Å². The molecule has 0 spiro atoms. The number of ether oxygens (including phenoxy) is 2. The molecular weight excluding hydrogens is 459 g/mol. The summed E-state index contributed by atoms with van der Waals surface area (Å²) >= 11 is 0. The van der Waals surface area contributed by atoms with E-state index in [9.17, 15) is 44.3 Å². The van der Waals surface area contributed by atoms with Gasteiger partial charge in [-0.2, -0.15) is 39.5 Å². The van der Waals surface area contributed by atoms with Crippen LogP contribution in [-0.4, -0.2) is 31.9 Å². The summed E-state index contributed by atoms with van der Waals surface area (Å²) in [6.07, 6.45) is -13.4. The highest BCUT2D eigenvalue weighted by Crippen LogP contribution is 2.37. The SMILES string of the molecule is O=CC=C(c1cccc(C(F)(F)F)c1)c1cc(OCC(F)(F)F)ccc1OCC(F)(F)F. The van der Waals surface area contributed by atoms with Crippen molar-refractivity contribution < 1.29 is 53.8 Å². The van der Waals surface area contributed by atoms with Gasteiger partial charge in [-0.1, -0.05) is 12.1 Å². The van der Waals surface area contributed by atoms with Gasteiger partial charge in [0.2, 0.25) is 0 Å². The van der Waals surface area contributed by atoms with Gasteiger partial charge >= 0.3 is 18.5 Å². The fraction of sp³-hybridized carbons (Fsp3) is 0.250. The molecular formula is C20H13F9O3. The molecule has 0 aliphatic carbocycles. The molecule has 3 nitrogen and oxygen atoms in total. The first-order valence-electron chi connectivity index (χ1n) is 8.56. The molecule has 2 aromatic rings. The summed E-state index contributed by atoms with van der Waals surface area (Å²) in [6, 6.07) is 6.09. The maximum absolute atomic E-state index is 13.1. The minimum absolute atomic E-state index is 0.159. The Morgan fingerprint density at radius 3 is 2.00 bits per heavy atom. The molecule has 174 valence electrons. The Morgan fingerprint density at radius 2 is 1.44 bits per heavy atom. The van der Waals surface area contributed by atoms with Crippen molar-refractivity contribution in [1.29, 1.82) is 0 Å². The number of hydrogen-bond acceptors (Lipinski definition) is 3. The smallest absolute Gasteiger partial charge is 0.422 e. The van der Waals surface area contributed by atoms with E-state index in [2.05, 4.69) is 9.47 Å². The van der Waals surface area contributed by atoms with Crippen LogP contribution in [0.4, 0.5) is 39.5 Å². The first-order valence-corrected chi connectivity index (χ1v) is 8.56. The summed E-state index contributed by atoms with van der Waals surface area (Å²) in [5.74, 6) is -0.993. The van der Waals surface area contributed by atoms with Crippen LogP contribution >= 0.6 is 0 Å². The van der Waals surface area contributed by atoms with Crippen LogP contribution in [0.2, 0.25) is 0 Å². The zero-order chi connectivity index (χ0) is 24.2. The van der Waals surface area contributed by atoms with Crippen molar-refractivity contribution >= 4 is 11.9 Å². The Hall–Kier alpha value is -3.18. The van der Waals surface area contributed by atoms with Gasteiger partial charge in [-0.15, -0.1) is 0 Å². The van der Waals surface area contributed by atoms with E-state index in [1.165, 1.54) is 0 Å². The van der Waals surface area contributed by atoms with Crippen molar-refractivity contribution in [2.45, 2.75) is 18.5 Å². The van der Waals surface area contributed by atoms with Gasteiger partial charge in [-0.3, -0.25) is 4.79 Å². The van der Waals surface area contributed by atoms with E-state index in [1.807, 2.05) is 0 Å². The first kappa shape index (κ1) is 25.1. The fourth-order valence-electron chi connectivity index (χ4n) is 2.53. The highest BCUT2D eigenvalue weighted by atomic mass is 19.4. The van der Waals surface area contributed by atoms with Gasteiger partial charge in [0.05, 0.1) is 5.56 Å². The first-order chi connectivity index (χ1) is 14.7. The summed E-state index contributed by atoms with van der Waals surface area (Å²) < 4.78 is 123. The second kappa shape index (κ2) is 9.53. The molecule has 0 unspecified atom stereocenters. The molecule has 12 heteroatoms. The average molecular weight is 472 g/mol. The van der Waals surface area contributed by atoms with Gasteiger partial charge in [0, 0.05) is 5.56 Å².